The van der Waals surface area contributed by atoms with E-state index in [0.29, 0.717) is 12.8 Å². The first-order chi connectivity index (χ1) is 7.11. The quantitative estimate of drug-likeness (QED) is 0.533. The summed E-state index contributed by atoms with van der Waals surface area (Å²) in [6.07, 6.45) is 5.31. The third-order valence-electron chi connectivity index (χ3n) is 1.96. The third kappa shape index (κ3) is 7.94. The van der Waals surface area contributed by atoms with Crippen LogP contribution in [0.4, 0.5) is 0 Å². The van der Waals surface area contributed by atoms with Crippen molar-refractivity contribution in [2.24, 2.45) is 5.73 Å². The number of hydrogen-bond donors (Lipinski definition) is 1. The van der Waals surface area contributed by atoms with Gasteiger partial charge in [-0.2, -0.15) is 11.8 Å². The Balaban J connectivity index is 3.70. The van der Waals surface area contributed by atoms with Crippen molar-refractivity contribution in [1.29, 1.82) is 0 Å². The molecule has 3 nitrogen and oxygen atoms in total. The van der Waals surface area contributed by atoms with Crippen LogP contribution in [-0.4, -0.2) is 29.6 Å². The molecule has 0 bridgehead atoms. The maximum Gasteiger partial charge on any atom is 0.324 e. The van der Waals surface area contributed by atoms with Crippen molar-refractivity contribution in [2.45, 2.75) is 44.2 Å². The highest BCUT2D eigenvalue weighted by Gasteiger charge is 2.17. The van der Waals surface area contributed by atoms with Crippen molar-refractivity contribution in [2.75, 3.05) is 12.0 Å². The molecule has 5 heteroatoms. The summed E-state index contributed by atoms with van der Waals surface area (Å²) >= 11 is 7.49. The average Bonchev–Trinajstić information content (AvgIpc) is 2.22. The molecule has 90 valence electrons. The molecule has 0 aromatic heterocycles. The molecule has 0 saturated carbocycles. The van der Waals surface area contributed by atoms with Gasteiger partial charge in [0.15, 0.2) is 5.56 Å². The summed E-state index contributed by atoms with van der Waals surface area (Å²) < 4.78 is 5.00. The van der Waals surface area contributed by atoms with Gasteiger partial charge in [0.1, 0.15) is 6.04 Å². The van der Waals surface area contributed by atoms with Crippen molar-refractivity contribution in [3.05, 3.63) is 0 Å². The van der Waals surface area contributed by atoms with E-state index < -0.39 is 11.6 Å². The van der Waals surface area contributed by atoms with Crippen LogP contribution in [0.15, 0.2) is 0 Å². The molecule has 0 saturated heterocycles. The Labute approximate surface area is 101 Å². The summed E-state index contributed by atoms with van der Waals surface area (Å²) in [6, 6.07) is -0.541. The van der Waals surface area contributed by atoms with Gasteiger partial charge in [-0.3, -0.25) is 4.79 Å². The van der Waals surface area contributed by atoms with Gasteiger partial charge in [0.2, 0.25) is 0 Å². The van der Waals surface area contributed by atoms with E-state index in [1.807, 2.05) is 6.26 Å². The van der Waals surface area contributed by atoms with Crippen LogP contribution in [0, 0.1) is 0 Å². The number of ether oxygens (including phenoxy) is 1. The van der Waals surface area contributed by atoms with E-state index in [2.05, 4.69) is 6.92 Å². The molecule has 1 unspecified atom stereocenters. The number of halogens is 1. The van der Waals surface area contributed by atoms with Crippen molar-refractivity contribution in [1.82, 2.24) is 0 Å². The van der Waals surface area contributed by atoms with Gasteiger partial charge in [-0.15, -0.1) is 0 Å². The smallest absolute Gasteiger partial charge is 0.324 e. The number of hydrogen-bond acceptors (Lipinski definition) is 4. The molecular formula is C10H20ClNO2S. The molecule has 0 aliphatic heterocycles. The predicted octanol–water partition coefficient (Wildman–Crippen LogP) is 2.37. The number of rotatable bonds is 8. The zero-order chi connectivity index (χ0) is 11.7. The minimum absolute atomic E-state index is 0.389. The average molecular weight is 254 g/mol. The van der Waals surface area contributed by atoms with Crippen molar-refractivity contribution in [3.8, 4) is 0 Å². The fraction of sp³-hybridized carbons (Fsp3) is 0.900. The summed E-state index contributed by atoms with van der Waals surface area (Å²) in [7, 11) is 0. The molecule has 2 atom stereocenters. The molecule has 0 heterocycles. The molecular weight excluding hydrogens is 234 g/mol. The van der Waals surface area contributed by atoms with Crippen LogP contribution in [0.5, 0.6) is 0 Å². The first kappa shape index (κ1) is 15.1. The predicted molar refractivity (Wildman–Crippen MR) is 66.2 cm³/mol. The highest BCUT2D eigenvalue weighted by atomic mass is 35.5. The van der Waals surface area contributed by atoms with Gasteiger partial charge in [0.05, 0.1) is 0 Å². The molecule has 0 aliphatic carbocycles. The summed E-state index contributed by atoms with van der Waals surface area (Å²) in [5, 5.41) is 0. The van der Waals surface area contributed by atoms with E-state index in [1.54, 1.807) is 11.8 Å². The minimum atomic E-state index is -0.541. The van der Waals surface area contributed by atoms with E-state index >= 15 is 0 Å². The summed E-state index contributed by atoms with van der Waals surface area (Å²) in [6.45, 7) is 2.07. The van der Waals surface area contributed by atoms with Crippen LogP contribution < -0.4 is 5.73 Å². The molecule has 2 N–H and O–H groups in total. The summed E-state index contributed by atoms with van der Waals surface area (Å²) in [4.78, 5) is 11.4. The lowest BCUT2D eigenvalue weighted by Crippen LogP contribution is -2.34. The number of thioether (sulfide) groups is 1. The van der Waals surface area contributed by atoms with E-state index in [-0.39, 0.29) is 5.97 Å². The van der Waals surface area contributed by atoms with Crippen molar-refractivity contribution in [3.63, 3.8) is 0 Å². The number of alkyl halides is 1. The summed E-state index contributed by atoms with van der Waals surface area (Å²) in [5.74, 6) is 0.471. The Morgan fingerprint density at radius 3 is 2.73 bits per heavy atom. The normalized spacial score (nSPS) is 14.7. The largest absolute Gasteiger partial charge is 0.445 e. The Morgan fingerprint density at radius 2 is 2.20 bits per heavy atom. The van der Waals surface area contributed by atoms with Crippen LogP contribution in [0.2, 0.25) is 0 Å². The zero-order valence-electron chi connectivity index (χ0n) is 9.37. The molecule has 0 aliphatic rings. The maximum atomic E-state index is 11.4. The first-order valence-electron chi connectivity index (χ1n) is 5.20. The lowest BCUT2D eigenvalue weighted by Gasteiger charge is -2.14. The monoisotopic (exact) mass is 253 g/mol. The highest BCUT2D eigenvalue weighted by molar-refractivity contribution is 7.98. The van der Waals surface area contributed by atoms with E-state index in [9.17, 15) is 4.79 Å². The Morgan fingerprint density at radius 1 is 1.53 bits per heavy atom. The molecule has 0 aromatic rings. The standard InChI is InChI=1S/C10H20ClNO2S/c1-3-4-5-9(11)14-10(13)8(12)6-7-15-2/h8-9H,3-7,12H2,1-2H3/t8-,9?/m0/s1. The molecule has 0 aromatic carbocycles. The fourth-order valence-corrected chi connectivity index (χ4v) is 1.73. The van der Waals surface area contributed by atoms with Gasteiger partial charge >= 0.3 is 5.97 Å². The van der Waals surface area contributed by atoms with Crippen LogP contribution in [0.1, 0.15) is 32.6 Å². The number of carbonyl (C=O) groups excluding carboxylic acids is 1. The number of nitrogens with two attached hydrogens (primary N) is 1. The van der Waals surface area contributed by atoms with Gasteiger partial charge in [-0.1, -0.05) is 24.9 Å². The topological polar surface area (TPSA) is 52.3 Å². The van der Waals surface area contributed by atoms with Gasteiger partial charge < -0.3 is 10.5 Å². The van der Waals surface area contributed by atoms with Crippen LogP contribution in [0.3, 0.4) is 0 Å². The molecule has 0 radical (unpaired) electrons. The van der Waals surface area contributed by atoms with Gasteiger partial charge in [-0.25, -0.2) is 0 Å². The molecule has 0 amide bonds. The molecule has 0 spiro atoms. The number of esters is 1. The van der Waals surface area contributed by atoms with Crippen LogP contribution in [-0.2, 0) is 9.53 Å². The second-order valence-electron chi connectivity index (χ2n) is 3.38. The number of carbonyl (C=O) groups is 1. The van der Waals surface area contributed by atoms with Gasteiger partial charge in [0.25, 0.3) is 0 Å². The second kappa shape index (κ2) is 9.31. The lowest BCUT2D eigenvalue weighted by molar-refractivity contribution is -0.147. The van der Waals surface area contributed by atoms with Crippen LogP contribution in [0.25, 0.3) is 0 Å². The van der Waals surface area contributed by atoms with Crippen molar-refractivity contribution >= 4 is 29.3 Å². The Hall–Kier alpha value is 0.0700. The van der Waals surface area contributed by atoms with E-state index in [4.69, 9.17) is 22.1 Å². The van der Waals surface area contributed by atoms with Gasteiger partial charge in [0, 0.05) is 0 Å². The van der Waals surface area contributed by atoms with Gasteiger partial charge in [-0.05, 0) is 31.3 Å². The molecule has 15 heavy (non-hydrogen) atoms. The SMILES string of the molecule is CCCCC(Cl)OC(=O)[C@@H](N)CCSC. The van der Waals surface area contributed by atoms with Crippen molar-refractivity contribution < 1.29 is 9.53 Å². The van der Waals surface area contributed by atoms with E-state index in [0.717, 1.165) is 18.6 Å². The summed E-state index contributed by atoms with van der Waals surface area (Å²) in [5.41, 5.74) is 5.10. The maximum absolute atomic E-state index is 11.4. The van der Waals surface area contributed by atoms with E-state index in [1.165, 1.54) is 0 Å². The third-order valence-corrected chi connectivity index (χ3v) is 2.92. The fourth-order valence-electron chi connectivity index (χ4n) is 1.000. The Bertz CT molecular complexity index is 181. The minimum Gasteiger partial charge on any atom is -0.445 e. The zero-order valence-corrected chi connectivity index (χ0v) is 10.9. The molecule has 0 fully saturated rings. The number of unbranched alkanes of at least 4 members (excludes halogenated alkanes) is 1. The highest BCUT2D eigenvalue weighted by Crippen LogP contribution is 2.10. The Kier molecular flexibility index (Phi) is 9.35. The first-order valence-corrected chi connectivity index (χ1v) is 7.03. The van der Waals surface area contributed by atoms with Crippen LogP contribution >= 0.6 is 23.4 Å². The lowest BCUT2D eigenvalue weighted by atomic mass is 10.2. The second-order valence-corrected chi connectivity index (χ2v) is 4.85. The molecule has 0 rings (SSSR count).